The van der Waals surface area contributed by atoms with Crippen molar-refractivity contribution in [3.8, 4) is 0 Å². The van der Waals surface area contributed by atoms with Crippen molar-refractivity contribution >= 4 is 11.8 Å². The molecule has 0 spiro atoms. The fourth-order valence-electron chi connectivity index (χ4n) is 3.95. The third-order valence-corrected chi connectivity index (χ3v) is 5.43. The van der Waals surface area contributed by atoms with E-state index in [0.717, 1.165) is 31.4 Å². The summed E-state index contributed by atoms with van der Waals surface area (Å²) < 4.78 is 0. The van der Waals surface area contributed by atoms with E-state index in [1.165, 1.54) is 0 Å². The van der Waals surface area contributed by atoms with Gasteiger partial charge in [-0.15, -0.1) is 0 Å². The minimum Gasteiger partial charge on any atom is -0.339 e. The predicted octanol–water partition coefficient (Wildman–Crippen LogP) is 1.73. The monoisotopic (exact) mass is 329 g/mol. The van der Waals surface area contributed by atoms with Gasteiger partial charge in [0.2, 0.25) is 5.91 Å². The first-order valence-corrected chi connectivity index (χ1v) is 8.95. The Bertz CT molecular complexity index is 582. The minimum atomic E-state index is 0.0452. The van der Waals surface area contributed by atoms with Gasteiger partial charge in [0.05, 0.1) is 0 Å². The molecule has 1 aromatic rings. The summed E-state index contributed by atoms with van der Waals surface area (Å²) in [6.45, 7) is 4.87. The Kier molecular flexibility index (Phi) is 5.19. The van der Waals surface area contributed by atoms with Gasteiger partial charge in [0.25, 0.3) is 5.91 Å². The molecule has 2 aliphatic heterocycles. The Morgan fingerprint density at radius 1 is 1.17 bits per heavy atom. The summed E-state index contributed by atoms with van der Waals surface area (Å²) in [6.07, 6.45) is 2.52. The maximum atomic E-state index is 12.8. The van der Waals surface area contributed by atoms with E-state index in [-0.39, 0.29) is 23.8 Å². The van der Waals surface area contributed by atoms with Crippen LogP contribution in [0.25, 0.3) is 0 Å². The number of rotatable bonds is 3. The number of benzene rings is 1. The number of nitrogens with two attached hydrogens (primary N) is 1. The Morgan fingerprint density at radius 2 is 1.83 bits per heavy atom. The lowest BCUT2D eigenvalue weighted by molar-refractivity contribution is -0.137. The second-order valence-electron chi connectivity index (χ2n) is 7.11. The van der Waals surface area contributed by atoms with Crippen molar-refractivity contribution in [3.63, 3.8) is 0 Å². The summed E-state index contributed by atoms with van der Waals surface area (Å²) in [4.78, 5) is 29.2. The van der Waals surface area contributed by atoms with Gasteiger partial charge in [-0.3, -0.25) is 9.59 Å². The summed E-state index contributed by atoms with van der Waals surface area (Å²) >= 11 is 0. The molecule has 2 saturated heterocycles. The molecule has 3 rings (SSSR count). The van der Waals surface area contributed by atoms with Crippen LogP contribution in [-0.4, -0.2) is 53.8 Å². The molecule has 24 heavy (non-hydrogen) atoms. The molecular weight excluding hydrogens is 302 g/mol. The molecule has 2 fully saturated rings. The molecular formula is C19H27N3O2. The Labute approximate surface area is 143 Å². The van der Waals surface area contributed by atoms with Crippen LogP contribution in [0.4, 0.5) is 0 Å². The second kappa shape index (κ2) is 7.34. The van der Waals surface area contributed by atoms with Gasteiger partial charge >= 0.3 is 0 Å². The number of nitrogens with zero attached hydrogens (tertiary/aromatic N) is 2. The molecule has 0 aromatic heterocycles. The number of likely N-dealkylation sites (tertiary alicyclic amines) is 2. The van der Waals surface area contributed by atoms with E-state index >= 15 is 0 Å². The quantitative estimate of drug-likeness (QED) is 0.918. The summed E-state index contributed by atoms with van der Waals surface area (Å²) in [5.41, 5.74) is 6.48. The van der Waals surface area contributed by atoms with Gasteiger partial charge in [0, 0.05) is 37.2 Å². The summed E-state index contributed by atoms with van der Waals surface area (Å²) in [5.74, 6) is 0.803. The highest BCUT2D eigenvalue weighted by Gasteiger charge is 2.36. The van der Waals surface area contributed by atoms with E-state index in [0.29, 0.717) is 25.6 Å². The van der Waals surface area contributed by atoms with Gasteiger partial charge in [-0.2, -0.15) is 0 Å². The average Bonchev–Trinajstić information content (AvgIpc) is 3.02. The summed E-state index contributed by atoms with van der Waals surface area (Å²) in [5, 5.41) is 0. The molecule has 5 heteroatoms. The first-order valence-electron chi connectivity index (χ1n) is 8.95. The van der Waals surface area contributed by atoms with E-state index in [2.05, 4.69) is 6.92 Å². The van der Waals surface area contributed by atoms with Crippen LogP contribution in [-0.2, 0) is 4.79 Å². The van der Waals surface area contributed by atoms with Crippen LogP contribution in [0.2, 0.25) is 0 Å². The first-order chi connectivity index (χ1) is 11.6. The lowest BCUT2D eigenvalue weighted by Crippen LogP contribution is -2.45. The zero-order chi connectivity index (χ0) is 17.1. The lowest BCUT2D eigenvalue weighted by atomic mass is 9.94. The molecule has 0 saturated carbocycles. The smallest absolute Gasteiger partial charge is 0.253 e. The van der Waals surface area contributed by atoms with Crippen LogP contribution < -0.4 is 5.73 Å². The molecule has 2 amide bonds. The molecule has 1 aromatic carbocycles. The SMILES string of the molecule is CC1CC(CN)CN1C(=O)C1CCN(C(=O)c2ccccc2)CC1. The third-order valence-electron chi connectivity index (χ3n) is 5.43. The van der Waals surface area contributed by atoms with E-state index in [1.807, 2.05) is 40.1 Å². The van der Waals surface area contributed by atoms with Gasteiger partial charge in [0.15, 0.2) is 0 Å². The Balaban J connectivity index is 1.55. The van der Waals surface area contributed by atoms with Crippen LogP contribution in [0.5, 0.6) is 0 Å². The van der Waals surface area contributed by atoms with E-state index in [9.17, 15) is 9.59 Å². The highest BCUT2D eigenvalue weighted by Crippen LogP contribution is 2.28. The van der Waals surface area contributed by atoms with Gasteiger partial charge in [-0.25, -0.2) is 0 Å². The molecule has 0 radical (unpaired) electrons. The number of piperidine rings is 1. The maximum Gasteiger partial charge on any atom is 0.253 e. The topological polar surface area (TPSA) is 66.6 Å². The number of amides is 2. The Morgan fingerprint density at radius 3 is 2.42 bits per heavy atom. The molecule has 130 valence electrons. The molecule has 2 heterocycles. The third kappa shape index (κ3) is 3.46. The van der Waals surface area contributed by atoms with E-state index in [4.69, 9.17) is 5.73 Å². The molecule has 5 nitrogen and oxygen atoms in total. The fraction of sp³-hybridized carbons (Fsp3) is 0.579. The van der Waals surface area contributed by atoms with E-state index in [1.54, 1.807) is 0 Å². The zero-order valence-electron chi connectivity index (χ0n) is 14.4. The van der Waals surface area contributed by atoms with Crippen molar-refractivity contribution in [2.24, 2.45) is 17.6 Å². The lowest BCUT2D eigenvalue weighted by Gasteiger charge is -2.34. The highest BCUT2D eigenvalue weighted by atomic mass is 16.2. The zero-order valence-corrected chi connectivity index (χ0v) is 14.4. The van der Waals surface area contributed by atoms with E-state index < -0.39 is 0 Å². The standard InChI is InChI=1S/C19H27N3O2/c1-14-11-15(12-20)13-22(14)19(24)17-7-9-21(10-8-17)18(23)16-5-3-2-4-6-16/h2-6,14-15,17H,7-13,20H2,1H3. The van der Waals surface area contributed by atoms with Crippen molar-refractivity contribution in [1.82, 2.24) is 9.80 Å². The van der Waals surface area contributed by atoms with Crippen molar-refractivity contribution in [1.29, 1.82) is 0 Å². The van der Waals surface area contributed by atoms with Gasteiger partial charge in [0.1, 0.15) is 0 Å². The van der Waals surface area contributed by atoms with Crippen molar-refractivity contribution in [2.75, 3.05) is 26.2 Å². The number of hydrogen-bond donors (Lipinski definition) is 1. The average molecular weight is 329 g/mol. The molecule has 2 atom stereocenters. The van der Waals surface area contributed by atoms with Crippen LogP contribution in [0.15, 0.2) is 30.3 Å². The maximum absolute atomic E-state index is 12.8. The minimum absolute atomic E-state index is 0.0452. The molecule has 0 bridgehead atoms. The fourth-order valence-corrected chi connectivity index (χ4v) is 3.95. The van der Waals surface area contributed by atoms with Crippen molar-refractivity contribution in [3.05, 3.63) is 35.9 Å². The van der Waals surface area contributed by atoms with Crippen LogP contribution in [0.1, 0.15) is 36.5 Å². The van der Waals surface area contributed by atoms with Crippen molar-refractivity contribution in [2.45, 2.75) is 32.2 Å². The predicted molar refractivity (Wildman–Crippen MR) is 93.4 cm³/mol. The molecule has 2 aliphatic rings. The molecule has 0 aliphatic carbocycles. The van der Waals surface area contributed by atoms with Crippen LogP contribution in [0, 0.1) is 11.8 Å². The largest absolute Gasteiger partial charge is 0.339 e. The van der Waals surface area contributed by atoms with Crippen LogP contribution in [0.3, 0.4) is 0 Å². The van der Waals surface area contributed by atoms with Gasteiger partial charge in [-0.1, -0.05) is 18.2 Å². The molecule has 2 unspecified atom stereocenters. The second-order valence-corrected chi connectivity index (χ2v) is 7.11. The summed E-state index contributed by atoms with van der Waals surface area (Å²) in [7, 11) is 0. The Hall–Kier alpha value is -1.88. The highest BCUT2D eigenvalue weighted by molar-refractivity contribution is 5.94. The van der Waals surface area contributed by atoms with Crippen molar-refractivity contribution < 1.29 is 9.59 Å². The number of carbonyl (C=O) groups is 2. The number of carbonyl (C=O) groups excluding carboxylic acids is 2. The first kappa shape index (κ1) is 17.0. The van der Waals surface area contributed by atoms with Gasteiger partial charge in [-0.05, 0) is 50.8 Å². The molecule has 2 N–H and O–H groups in total. The normalized spacial score (nSPS) is 25.1. The van der Waals surface area contributed by atoms with Gasteiger partial charge < -0.3 is 15.5 Å². The van der Waals surface area contributed by atoms with Crippen LogP contribution >= 0.6 is 0 Å². The summed E-state index contributed by atoms with van der Waals surface area (Å²) in [6, 6.07) is 9.65. The number of hydrogen-bond acceptors (Lipinski definition) is 3.